The molecule has 10 rings (SSSR count). The molecular weight excluding hydrogens is 689 g/mol. The first kappa shape index (κ1) is 32.6. The molecule has 0 saturated carbocycles. The van der Waals surface area contributed by atoms with Crippen molar-refractivity contribution in [1.82, 2.24) is 0 Å². The highest BCUT2D eigenvalue weighted by atomic mass is 16.3. The Morgan fingerprint density at radius 1 is 0.411 bits per heavy atom. The summed E-state index contributed by atoms with van der Waals surface area (Å²) in [5.41, 5.74) is 12.6. The van der Waals surface area contributed by atoms with Crippen LogP contribution >= 0.6 is 0 Å². The molecule has 10 aromatic rings. The van der Waals surface area contributed by atoms with Crippen molar-refractivity contribution in [2.75, 3.05) is 9.80 Å². The number of benzene rings is 8. The van der Waals surface area contributed by atoms with Crippen molar-refractivity contribution in [3.05, 3.63) is 199 Å². The third-order valence-electron chi connectivity index (χ3n) is 10.3. The summed E-state index contributed by atoms with van der Waals surface area (Å²) in [7, 11) is 0. The molecule has 0 unspecified atom stereocenters. The van der Waals surface area contributed by atoms with Gasteiger partial charge in [-0.2, -0.15) is 5.26 Å². The molecule has 6 nitrogen and oxygen atoms in total. The van der Waals surface area contributed by atoms with E-state index in [1.54, 1.807) is 0 Å². The summed E-state index contributed by atoms with van der Waals surface area (Å²) in [6.45, 7) is 7.48. The van der Waals surface area contributed by atoms with E-state index in [0.29, 0.717) is 11.3 Å². The third-order valence-corrected chi connectivity index (χ3v) is 10.3. The summed E-state index contributed by atoms with van der Waals surface area (Å²) in [5, 5.41) is 13.7. The molecule has 0 fully saturated rings. The van der Waals surface area contributed by atoms with Crippen LogP contribution < -0.4 is 9.80 Å². The Bertz CT molecular complexity index is 2930. The number of hydrogen-bond donors (Lipinski definition) is 0. The molecule has 8 aromatic carbocycles. The van der Waals surface area contributed by atoms with Gasteiger partial charge >= 0.3 is 0 Å². The normalized spacial score (nSPS) is 11.2. The predicted octanol–water partition coefficient (Wildman–Crippen LogP) is 14.5. The van der Waals surface area contributed by atoms with Crippen LogP contribution in [0.3, 0.4) is 0 Å². The quantitative estimate of drug-likeness (QED) is 0.154. The molecule has 0 aliphatic heterocycles. The maximum atomic E-state index is 9.49. The van der Waals surface area contributed by atoms with Gasteiger partial charge < -0.3 is 18.6 Å². The van der Waals surface area contributed by atoms with Gasteiger partial charge in [-0.15, -0.1) is 0 Å². The first-order chi connectivity index (χ1) is 27.6. The van der Waals surface area contributed by atoms with E-state index < -0.39 is 0 Å². The van der Waals surface area contributed by atoms with Crippen LogP contribution in [0.4, 0.5) is 39.8 Å². The Morgan fingerprint density at radius 3 is 1.21 bits per heavy atom. The summed E-state index contributed by atoms with van der Waals surface area (Å²) in [5.74, 6) is 0. The number of nitriles is 1. The van der Waals surface area contributed by atoms with E-state index in [2.05, 4.69) is 106 Å². The minimum absolute atomic E-state index is 0.594. The van der Waals surface area contributed by atoms with E-state index in [1.165, 1.54) is 0 Å². The first-order valence-corrected chi connectivity index (χ1v) is 18.2. The fourth-order valence-electron chi connectivity index (χ4n) is 7.57. The Labute approximate surface area is 322 Å². The molecule has 0 radical (unpaired) electrons. The highest BCUT2D eigenvalue weighted by molar-refractivity contribution is 6.07. The minimum atomic E-state index is 0.594. The zero-order chi connectivity index (χ0) is 37.6. The lowest BCUT2D eigenvalue weighted by Gasteiger charge is -2.26. The smallest absolute Gasteiger partial charge is 0.187 e. The van der Waals surface area contributed by atoms with Crippen molar-refractivity contribution in [3.8, 4) is 17.2 Å². The maximum Gasteiger partial charge on any atom is 0.187 e. The van der Waals surface area contributed by atoms with Gasteiger partial charge in [0.1, 0.15) is 22.3 Å². The van der Waals surface area contributed by atoms with E-state index in [1.807, 2.05) is 97.1 Å². The van der Waals surface area contributed by atoms with E-state index in [0.717, 1.165) is 89.1 Å². The Balaban J connectivity index is 1.01. The second-order valence-electron chi connectivity index (χ2n) is 13.6. The van der Waals surface area contributed by atoms with Gasteiger partial charge in [0, 0.05) is 55.7 Å². The van der Waals surface area contributed by atoms with Crippen LogP contribution in [-0.2, 0) is 0 Å². The van der Waals surface area contributed by atoms with E-state index in [-0.39, 0.29) is 0 Å². The Morgan fingerprint density at radius 2 is 0.786 bits per heavy atom. The van der Waals surface area contributed by atoms with Crippen molar-refractivity contribution in [1.29, 1.82) is 5.26 Å². The zero-order valence-electron chi connectivity index (χ0n) is 29.9. The van der Waals surface area contributed by atoms with Crippen LogP contribution in [0.5, 0.6) is 0 Å². The van der Waals surface area contributed by atoms with Crippen molar-refractivity contribution in [2.24, 2.45) is 0 Å². The van der Waals surface area contributed by atoms with Crippen LogP contribution in [0.1, 0.15) is 5.56 Å². The lowest BCUT2D eigenvalue weighted by Crippen LogP contribution is -2.10. The molecule has 0 bridgehead atoms. The number of rotatable bonds is 7. The van der Waals surface area contributed by atoms with E-state index in [9.17, 15) is 5.26 Å². The summed E-state index contributed by atoms with van der Waals surface area (Å²) < 4.78 is 12.3. The van der Waals surface area contributed by atoms with Crippen LogP contribution in [0.15, 0.2) is 191 Å². The summed E-state index contributed by atoms with van der Waals surface area (Å²) in [6.07, 6.45) is 0. The lowest BCUT2D eigenvalue weighted by molar-refractivity contribution is 0.668. The SMILES string of the molecule is [C-]#[N+]c1ccc(N(c2ccc(-c3ccc(N(c4ccc(C#N)cc4)c4ccc5oc6ccccc6c5c4)cc3)cc2)c2ccc3oc4ccccc4c3c2)cc1. The lowest BCUT2D eigenvalue weighted by atomic mass is 10.0. The highest BCUT2D eigenvalue weighted by Gasteiger charge is 2.18. The molecular formula is C50H30N4O2. The van der Waals surface area contributed by atoms with Crippen LogP contribution in [-0.4, -0.2) is 0 Å². The molecule has 2 aromatic heterocycles. The van der Waals surface area contributed by atoms with Gasteiger partial charge in [-0.25, -0.2) is 4.85 Å². The largest absolute Gasteiger partial charge is 0.456 e. The average molecular weight is 719 g/mol. The van der Waals surface area contributed by atoms with Gasteiger partial charge in [-0.1, -0.05) is 72.8 Å². The predicted molar refractivity (Wildman–Crippen MR) is 227 cm³/mol. The number of para-hydroxylation sites is 2. The minimum Gasteiger partial charge on any atom is -0.456 e. The van der Waals surface area contributed by atoms with Crippen LogP contribution in [0, 0.1) is 17.9 Å². The van der Waals surface area contributed by atoms with Crippen molar-refractivity contribution >= 4 is 83.7 Å². The first-order valence-electron chi connectivity index (χ1n) is 18.2. The highest BCUT2D eigenvalue weighted by Crippen LogP contribution is 2.42. The molecule has 0 atom stereocenters. The molecule has 262 valence electrons. The molecule has 2 heterocycles. The molecule has 56 heavy (non-hydrogen) atoms. The number of hydrogen-bond acceptors (Lipinski definition) is 5. The standard InChI is InChI=1S/C50H30N4O2/c1-52-36-16-24-40(25-17-36)54(42-27-29-50-46(31-42)44-7-3-5-9-48(44)56-50)39-22-14-35(15-23-39)34-12-20-38(21-13-34)53(37-18-10-33(32-51)11-19-37)41-26-28-49-45(30-41)43-6-2-4-8-47(43)55-49/h2-31H. The number of nitrogens with zero attached hydrogens (tertiary/aromatic N) is 4. The zero-order valence-corrected chi connectivity index (χ0v) is 29.9. The Hall–Kier alpha value is -8.06. The molecule has 6 heteroatoms. The summed E-state index contributed by atoms with van der Waals surface area (Å²) in [4.78, 5) is 8.02. The van der Waals surface area contributed by atoms with Crippen molar-refractivity contribution < 1.29 is 8.83 Å². The molecule has 0 spiro atoms. The molecule has 0 saturated heterocycles. The fraction of sp³-hybridized carbons (Fsp3) is 0. The maximum absolute atomic E-state index is 9.49. The second-order valence-corrected chi connectivity index (χ2v) is 13.6. The molecule has 0 aliphatic rings. The molecule has 0 amide bonds. The van der Waals surface area contributed by atoms with E-state index in [4.69, 9.17) is 15.4 Å². The van der Waals surface area contributed by atoms with Gasteiger partial charge in [0.15, 0.2) is 5.69 Å². The molecule has 0 N–H and O–H groups in total. The second kappa shape index (κ2) is 13.4. The Kier molecular flexibility index (Phi) is 7.80. The summed E-state index contributed by atoms with van der Waals surface area (Å²) >= 11 is 0. The van der Waals surface area contributed by atoms with Crippen molar-refractivity contribution in [2.45, 2.75) is 0 Å². The van der Waals surface area contributed by atoms with Crippen molar-refractivity contribution in [3.63, 3.8) is 0 Å². The van der Waals surface area contributed by atoms with Gasteiger partial charge in [-0.3, -0.25) is 0 Å². The molecule has 0 aliphatic carbocycles. The topological polar surface area (TPSA) is 60.9 Å². The van der Waals surface area contributed by atoms with Gasteiger partial charge in [0.25, 0.3) is 0 Å². The number of fused-ring (bicyclic) bond motifs is 6. The number of anilines is 6. The fourth-order valence-corrected chi connectivity index (χ4v) is 7.57. The van der Waals surface area contributed by atoms with Gasteiger partial charge in [-0.05, 0) is 120 Å². The van der Waals surface area contributed by atoms with Crippen LogP contribution in [0.25, 0.3) is 59.8 Å². The summed E-state index contributed by atoms with van der Waals surface area (Å²) in [6, 6.07) is 63.4. The van der Waals surface area contributed by atoms with Gasteiger partial charge in [0.05, 0.1) is 18.2 Å². The monoisotopic (exact) mass is 718 g/mol. The third kappa shape index (κ3) is 5.67. The van der Waals surface area contributed by atoms with E-state index >= 15 is 0 Å². The number of furan rings is 2. The average Bonchev–Trinajstić information content (AvgIpc) is 3.83. The van der Waals surface area contributed by atoms with Crippen LogP contribution in [0.2, 0.25) is 0 Å². The van der Waals surface area contributed by atoms with Gasteiger partial charge in [0.2, 0.25) is 0 Å².